The van der Waals surface area contributed by atoms with E-state index < -0.39 is 43.1 Å². The molecule has 0 saturated heterocycles. The molecule has 0 spiro atoms. The smallest absolute Gasteiger partial charge is 0.393 e. The number of alkyl halides is 8. The quantitative estimate of drug-likeness (QED) is 0.266. The molecule has 11 heteroatoms. The monoisotopic (exact) mass is 358 g/mol. The minimum absolute atomic E-state index is 0.0611. The molecule has 0 N–H and O–H groups in total. The molecule has 3 nitrogen and oxygen atoms in total. The van der Waals surface area contributed by atoms with E-state index in [-0.39, 0.29) is 18.9 Å². The number of hydrogen-bond donors (Lipinski definition) is 0. The molecule has 0 aromatic rings. The summed E-state index contributed by atoms with van der Waals surface area (Å²) in [6, 6.07) is 0. The lowest BCUT2D eigenvalue weighted by Gasteiger charge is -2.36. The molecule has 0 fully saturated rings. The predicted octanol–water partition coefficient (Wildman–Crippen LogP) is 4.38. The van der Waals surface area contributed by atoms with Gasteiger partial charge >= 0.3 is 24.2 Å². The molecule has 0 aromatic carbocycles. The summed E-state index contributed by atoms with van der Waals surface area (Å²) < 4.78 is 112. The van der Waals surface area contributed by atoms with Crippen LogP contribution < -0.4 is 0 Å². The zero-order chi connectivity index (χ0) is 18.5. The van der Waals surface area contributed by atoms with E-state index in [1.807, 2.05) is 0 Å². The van der Waals surface area contributed by atoms with Gasteiger partial charge in [0.15, 0.2) is 0 Å². The summed E-state index contributed by atoms with van der Waals surface area (Å²) in [5.74, 6) is -13.3. The van der Waals surface area contributed by atoms with Crippen molar-refractivity contribution in [1.29, 1.82) is 0 Å². The molecule has 0 heterocycles. The van der Waals surface area contributed by atoms with Crippen molar-refractivity contribution in [3.05, 3.63) is 12.7 Å². The Morgan fingerprint density at radius 2 is 1.61 bits per heavy atom. The van der Waals surface area contributed by atoms with E-state index in [2.05, 4.69) is 16.1 Å². The fourth-order valence-corrected chi connectivity index (χ4v) is 1.34. The van der Waals surface area contributed by atoms with Gasteiger partial charge in [0.1, 0.15) is 6.42 Å². The summed E-state index contributed by atoms with van der Waals surface area (Å²) in [6.45, 7) is 3.16. The number of hydrogen-bond acceptors (Lipinski definition) is 3. The summed E-state index contributed by atoms with van der Waals surface area (Å²) in [5.41, 5.74) is 0. The van der Waals surface area contributed by atoms with Crippen molar-refractivity contribution in [2.24, 2.45) is 0 Å². The summed E-state index contributed by atoms with van der Waals surface area (Å²) in [5, 5.41) is 0. The minimum atomic E-state index is -6.10. The first-order chi connectivity index (χ1) is 10.2. The van der Waals surface area contributed by atoms with Gasteiger partial charge in [0.2, 0.25) is 0 Å². The number of carbonyl (C=O) groups is 1. The highest BCUT2D eigenvalue weighted by Gasteiger charge is 2.76. The lowest BCUT2D eigenvalue weighted by atomic mass is 10.0. The fourth-order valence-electron chi connectivity index (χ4n) is 1.34. The molecule has 0 aromatic heterocycles. The van der Waals surface area contributed by atoms with Gasteiger partial charge in [0.25, 0.3) is 5.85 Å². The van der Waals surface area contributed by atoms with Crippen molar-refractivity contribution < 1.29 is 49.4 Å². The highest BCUT2D eigenvalue weighted by Crippen LogP contribution is 2.50. The van der Waals surface area contributed by atoms with Crippen molar-refractivity contribution in [3.8, 4) is 0 Å². The first-order valence-electron chi connectivity index (χ1n) is 6.23. The van der Waals surface area contributed by atoms with E-state index in [1.165, 1.54) is 6.92 Å². The first-order valence-corrected chi connectivity index (χ1v) is 6.23. The molecular formula is C12H14F8O3. The maximum absolute atomic E-state index is 14.0. The van der Waals surface area contributed by atoms with Gasteiger partial charge in [-0.05, 0) is 6.42 Å². The van der Waals surface area contributed by atoms with Crippen LogP contribution in [0, 0.1) is 0 Å². The zero-order valence-electron chi connectivity index (χ0n) is 11.9. The number of halogens is 8. The Kier molecular flexibility index (Phi) is 7.00. The van der Waals surface area contributed by atoms with Crippen LogP contribution in [-0.4, -0.2) is 36.6 Å². The van der Waals surface area contributed by atoms with Gasteiger partial charge in [-0.1, -0.05) is 19.9 Å². The van der Waals surface area contributed by atoms with Crippen molar-refractivity contribution in [1.82, 2.24) is 0 Å². The molecule has 0 radical (unpaired) electrons. The Hall–Kier alpha value is -1.39. The largest absolute Gasteiger partial charge is 0.472 e. The van der Waals surface area contributed by atoms with Gasteiger partial charge in [-0.15, -0.1) is 0 Å². The maximum atomic E-state index is 14.0. The van der Waals surface area contributed by atoms with E-state index in [0.29, 0.717) is 0 Å². The van der Waals surface area contributed by atoms with Gasteiger partial charge in [-0.3, -0.25) is 0 Å². The molecule has 0 aliphatic heterocycles. The minimum Gasteiger partial charge on any atom is -0.393 e. The Morgan fingerprint density at radius 1 is 1.09 bits per heavy atom. The number of ether oxygens (including phenoxy) is 2. The van der Waals surface area contributed by atoms with Gasteiger partial charge in [0.05, 0.1) is 6.61 Å². The van der Waals surface area contributed by atoms with Crippen molar-refractivity contribution >= 4 is 5.97 Å². The second kappa shape index (κ2) is 7.45. The molecule has 0 aliphatic rings. The molecule has 23 heavy (non-hydrogen) atoms. The Labute approximate surface area is 126 Å². The van der Waals surface area contributed by atoms with Crippen LogP contribution in [0.5, 0.6) is 0 Å². The van der Waals surface area contributed by atoms with Crippen LogP contribution in [0.1, 0.15) is 26.2 Å². The lowest BCUT2D eigenvalue weighted by molar-refractivity contribution is -0.417. The first kappa shape index (κ1) is 21.6. The van der Waals surface area contributed by atoms with Crippen molar-refractivity contribution in [2.45, 2.75) is 50.2 Å². The van der Waals surface area contributed by atoms with Crippen molar-refractivity contribution in [2.75, 3.05) is 6.61 Å². The van der Waals surface area contributed by atoms with Crippen LogP contribution in [0.4, 0.5) is 35.1 Å². The number of rotatable bonds is 9. The molecule has 0 rings (SSSR count). The topological polar surface area (TPSA) is 35.5 Å². The average Bonchev–Trinajstić information content (AvgIpc) is 2.35. The maximum Gasteiger partial charge on any atom is 0.472 e. The van der Waals surface area contributed by atoms with Crippen LogP contribution in [0.15, 0.2) is 12.7 Å². The number of carbonyl (C=O) groups excluding carboxylic acids is 1. The Morgan fingerprint density at radius 3 is 2.00 bits per heavy atom. The van der Waals surface area contributed by atoms with Crippen LogP contribution in [0.2, 0.25) is 0 Å². The third-order valence-corrected chi connectivity index (χ3v) is 2.49. The zero-order valence-corrected chi connectivity index (χ0v) is 11.9. The average molecular weight is 358 g/mol. The Balaban J connectivity index is 5.62. The summed E-state index contributed by atoms with van der Waals surface area (Å²) >= 11 is 0. The molecule has 0 aliphatic carbocycles. The summed E-state index contributed by atoms with van der Waals surface area (Å²) in [7, 11) is 0. The second-order valence-corrected chi connectivity index (χ2v) is 4.44. The van der Waals surface area contributed by atoms with Gasteiger partial charge in [-0.2, -0.15) is 30.7 Å². The molecule has 0 saturated carbocycles. The van der Waals surface area contributed by atoms with E-state index >= 15 is 0 Å². The molecule has 1 atom stereocenters. The van der Waals surface area contributed by atoms with Gasteiger partial charge in [-0.25, -0.2) is 9.18 Å². The van der Waals surface area contributed by atoms with E-state index in [4.69, 9.17) is 0 Å². The SMILES string of the molecule is C=CC(=O)OC(F)(F)C(F)(F)C(F)(CC(F)(F)F)OCCCC. The number of unbranched alkanes of at least 4 members (excludes halogenated alkanes) is 1. The normalized spacial score (nSPS) is 15.9. The highest BCUT2D eigenvalue weighted by atomic mass is 19.4. The van der Waals surface area contributed by atoms with Crippen LogP contribution in [-0.2, 0) is 14.3 Å². The van der Waals surface area contributed by atoms with Gasteiger partial charge in [0, 0.05) is 6.08 Å². The standard InChI is InChI=1S/C12H14F8O3/c1-3-5-6-22-9(13,7-10(14,15)16)11(17,18)12(19,20)23-8(21)4-2/h4H,2-3,5-7H2,1H3. The van der Waals surface area contributed by atoms with Crippen LogP contribution in [0.3, 0.4) is 0 Å². The summed E-state index contributed by atoms with van der Waals surface area (Å²) in [6.07, 6.45) is -14.4. The highest BCUT2D eigenvalue weighted by molar-refractivity contribution is 5.81. The molecular weight excluding hydrogens is 344 g/mol. The van der Waals surface area contributed by atoms with E-state index in [1.54, 1.807) is 0 Å². The Bertz CT molecular complexity index is 421. The molecule has 1 unspecified atom stereocenters. The lowest BCUT2D eigenvalue weighted by Crippen LogP contribution is -2.60. The molecule has 0 bridgehead atoms. The third kappa shape index (κ3) is 5.63. The number of esters is 1. The second-order valence-electron chi connectivity index (χ2n) is 4.44. The van der Waals surface area contributed by atoms with E-state index in [0.717, 1.165) is 0 Å². The third-order valence-electron chi connectivity index (χ3n) is 2.49. The fraction of sp³-hybridized carbons (Fsp3) is 0.750. The molecule has 0 amide bonds. The van der Waals surface area contributed by atoms with Crippen LogP contribution in [0.25, 0.3) is 0 Å². The summed E-state index contributed by atoms with van der Waals surface area (Å²) in [4.78, 5) is 10.6. The van der Waals surface area contributed by atoms with E-state index in [9.17, 15) is 39.9 Å². The molecule has 136 valence electrons. The predicted molar refractivity (Wildman–Crippen MR) is 61.6 cm³/mol. The van der Waals surface area contributed by atoms with Crippen LogP contribution >= 0.6 is 0 Å². The van der Waals surface area contributed by atoms with Crippen molar-refractivity contribution in [3.63, 3.8) is 0 Å². The van der Waals surface area contributed by atoms with Gasteiger partial charge < -0.3 is 9.47 Å².